The summed E-state index contributed by atoms with van der Waals surface area (Å²) in [6.45, 7) is 10.6. The van der Waals surface area contributed by atoms with Gasteiger partial charge in [-0.2, -0.15) is 8.42 Å². The SMILES string of the molecule is COC(=O)CCOCCOCC[N+](C)(C)CCNC(=O)COCCOCCNC(=O)COCCOCCNC(=O)CCC(CS(=O)(=O)O)NC(=O)CCCCCCCCCCCCCCCCC(=O)OC(C)(C)C. The molecular weight excluding hydrogens is 987 g/mol. The molecule has 0 aromatic heterocycles. The van der Waals surface area contributed by atoms with Gasteiger partial charge in [0.2, 0.25) is 23.6 Å². The number of methoxy groups -OCH3 is 1. The molecule has 0 fully saturated rings. The molecule has 0 aliphatic heterocycles. The van der Waals surface area contributed by atoms with Gasteiger partial charge in [-0.3, -0.25) is 33.3 Å². The minimum Gasteiger partial charge on any atom is -0.469 e. The van der Waals surface area contributed by atoms with Crippen LogP contribution >= 0.6 is 0 Å². The zero-order valence-corrected chi connectivity index (χ0v) is 46.9. The van der Waals surface area contributed by atoms with Crippen LogP contribution in [0.5, 0.6) is 0 Å². The molecule has 22 nitrogen and oxygen atoms in total. The Balaban J connectivity index is 3.81. The Morgan fingerprint density at radius 3 is 1.41 bits per heavy atom. The van der Waals surface area contributed by atoms with Crippen molar-refractivity contribution in [1.29, 1.82) is 0 Å². The van der Waals surface area contributed by atoms with E-state index in [1.54, 1.807) is 0 Å². The lowest BCUT2D eigenvalue weighted by Crippen LogP contribution is -2.47. The van der Waals surface area contributed by atoms with E-state index in [0.29, 0.717) is 56.8 Å². The number of ether oxygens (including phenoxy) is 8. The Labute approximate surface area is 443 Å². The van der Waals surface area contributed by atoms with Gasteiger partial charge in [0.15, 0.2) is 0 Å². The number of carbonyl (C=O) groups is 6. The number of hydrogen-bond acceptors (Lipinski definition) is 16. The first-order valence-corrected chi connectivity index (χ1v) is 28.4. The molecule has 0 heterocycles. The van der Waals surface area contributed by atoms with Crippen LogP contribution in [0.2, 0.25) is 0 Å². The highest BCUT2D eigenvalue weighted by molar-refractivity contribution is 7.85. The van der Waals surface area contributed by atoms with Gasteiger partial charge in [-0.15, -0.1) is 0 Å². The van der Waals surface area contributed by atoms with Crippen molar-refractivity contribution in [2.45, 2.75) is 154 Å². The predicted octanol–water partition coefficient (Wildman–Crippen LogP) is 3.81. The number of hydrogen-bond donors (Lipinski definition) is 5. The van der Waals surface area contributed by atoms with Gasteiger partial charge >= 0.3 is 11.9 Å². The third-order valence-electron chi connectivity index (χ3n) is 11.2. The van der Waals surface area contributed by atoms with Crippen LogP contribution in [0.25, 0.3) is 0 Å². The van der Waals surface area contributed by atoms with Crippen LogP contribution in [-0.2, 0) is 76.8 Å². The summed E-state index contributed by atoms with van der Waals surface area (Å²) < 4.78 is 75.6. The highest BCUT2D eigenvalue weighted by Crippen LogP contribution is 2.15. The molecule has 1 atom stereocenters. The standard InChI is InChI=1S/C51H97N5O17S/c1-51(2,3)73-50(62)22-20-18-16-14-12-10-8-7-9-11-13-15-17-19-21-46(58)55-44(43-74(63,64)65)23-24-45(57)53-27-32-68-37-40-72-42-48(60)54-28-33-69-38-39-71-41-47(59)52-26-29-56(4,5)30-34-70-36-35-67-31-25-49(61)66-6/h44H,7-43H2,1-6H3,(H4-,52,53,54,55,57,58,59,60,63,64,65)/p+1. The number of rotatable bonds is 51. The summed E-state index contributed by atoms with van der Waals surface area (Å²) in [7, 11) is 1.04. The Hall–Kier alpha value is -3.55. The largest absolute Gasteiger partial charge is 0.469 e. The summed E-state index contributed by atoms with van der Waals surface area (Å²) in [5.41, 5.74) is -0.420. The fourth-order valence-electron chi connectivity index (χ4n) is 7.11. The Bertz CT molecular complexity index is 1600. The molecule has 5 N–H and O–H groups in total. The van der Waals surface area contributed by atoms with E-state index in [0.717, 1.165) is 51.5 Å². The average Bonchev–Trinajstić information content (AvgIpc) is 3.31. The smallest absolute Gasteiger partial charge is 0.307 e. The van der Waals surface area contributed by atoms with Crippen LogP contribution in [0.1, 0.15) is 143 Å². The topological polar surface area (TPSA) is 279 Å². The highest BCUT2D eigenvalue weighted by Gasteiger charge is 2.21. The van der Waals surface area contributed by atoms with Gasteiger partial charge in [0.05, 0.1) is 113 Å². The summed E-state index contributed by atoms with van der Waals surface area (Å²) in [4.78, 5) is 71.9. The summed E-state index contributed by atoms with van der Waals surface area (Å²) in [5, 5.41) is 10.8. The third kappa shape index (κ3) is 51.9. The van der Waals surface area contributed by atoms with Gasteiger partial charge in [0.25, 0.3) is 10.1 Å². The first kappa shape index (κ1) is 70.5. The molecule has 4 amide bonds. The van der Waals surface area contributed by atoms with Crippen molar-refractivity contribution < 1.29 is 84.1 Å². The molecule has 0 spiro atoms. The second-order valence-corrected chi connectivity index (χ2v) is 21.4. The van der Waals surface area contributed by atoms with Crippen molar-refractivity contribution >= 4 is 45.7 Å². The van der Waals surface area contributed by atoms with Crippen molar-refractivity contribution in [3.63, 3.8) is 0 Å². The number of quaternary nitrogens is 1. The summed E-state index contributed by atoms with van der Waals surface area (Å²) in [5.74, 6) is -2.35. The molecule has 1 unspecified atom stereocenters. The molecule has 74 heavy (non-hydrogen) atoms. The summed E-state index contributed by atoms with van der Waals surface area (Å²) in [6, 6.07) is -0.906. The maximum absolute atomic E-state index is 12.6. The minimum absolute atomic E-state index is 0.0335. The minimum atomic E-state index is -4.38. The van der Waals surface area contributed by atoms with Crippen molar-refractivity contribution in [3.05, 3.63) is 0 Å². The molecule has 23 heteroatoms. The highest BCUT2D eigenvalue weighted by atomic mass is 32.2. The van der Waals surface area contributed by atoms with E-state index in [4.69, 9.17) is 33.2 Å². The average molecular weight is 1090 g/mol. The van der Waals surface area contributed by atoms with E-state index >= 15 is 0 Å². The number of amides is 4. The van der Waals surface area contributed by atoms with Gasteiger partial charge in [-0.25, -0.2) is 0 Å². The maximum atomic E-state index is 12.6. The third-order valence-corrected chi connectivity index (χ3v) is 12.1. The van der Waals surface area contributed by atoms with Gasteiger partial charge in [-0.05, 0) is 40.0 Å². The van der Waals surface area contributed by atoms with Crippen LogP contribution in [0.4, 0.5) is 0 Å². The number of nitrogens with zero attached hydrogens (tertiary/aromatic N) is 1. The van der Waals surface area contributed by atoms with Gasteiger partial charge in [0.1, 0.15) is 25.4 Å². The molecule has 0 aliphatic carbocycles. The number of carbonyl (C=O) groups excluding carboxylic acids is 6. The van der Waals surface area contributed by atoms with Crippen molar-refractivity contribution in [1.82, 2.24) is 21.3 Å². The molecule has 0 bridgehead atoms. The van der Waals surface area contributed by atoms with Crippen LogP contribution < -0.4 is 21.3 Å². The quantitative estimate of drug-likeness (QED) is 0.0251. The van der Waals surface area contributed by atoms with E-state index in [9.17, 15) is 41.7 Å². The van der Waals surface area contributed by atoms with Crippen LogP contribution in [-0.4, -0.2) is 204 Å². The van der Waals surface area contributed by atoms with Crippen molar-refractivity contribution in [2.24, 2.45) is 0 Å². The van der Waals surface area contributed by atoms with Crippen LogP contribution in [0, 0.1) is 0 Å². The Morgan fingerprint density at radius 2 is 0.919 bits per heavy atom. The molecule has 0 aromatic rings. The zero-order valence-electron chi connectivity index (χ0n) is 46.1. The van der Waals surface area contributed by atoms with Crippen molar-refractivity contribution in [3.8, 4) is 0 Å². The molecule has 0 rings (SSSR count). The first-order valence-electron chi connectivity index (χ1n) is 26.8. The molecule has 434 valence electrons. The number of likely N-dealkylation sites (N-methyl/N-ethyl adjacent to an activating group) is 1. The molecular formula is C51H98N5O17S+. The fourth-order valence-corrected chi connectivity index (χ4v) is 7.87. The van der Waals surface area contributed by atoms with E-state index in [-0.39, 0.29) is 127 Å². The second kappa shape index (κ2) is 45.6. The Morgan fingerprint density at radius 1 is 0.486 bits per heavy atom. The Kier molecular flexibility index (Phi) is 43.4. The maximum Gasteiger partial charge on any atom is 0.307 e. The molecule has 0 aromatic carbocycles. The lowest BCUT2D eigenvalue weighted by molar-refractivity contribution is -0.889. The molecule has 0 saturated carbocycles. The van der Waals surface area contributed by atoms with E-state index in [2.05, 4.69) is 26.0 Å². The second-order valence-electron chi connectivity index (χ2n) is 19.9. The van der Waals surface area contributed by atoms with E-state index in [1.807, 2.05) is 34.9 Å². The van der Waals surface area contributed by atoms with Gasteiger partial charge < -0.3 is 63.6 Å². The number of esters is 2. The number of unbranched alkanes of at least 4 members (excludes halogenated alkanes) is 13. The fraction of sp³-hybridized carbons (Fsp3) is 0.882. The summed E-state index contributed by atoms with van der Waals surface area (Å²) in [6.07, 6.45) is 16.1. The molecule has 0 aliphatic rings. The van der Waals surface area contributed by atoms with Crippen molar-refractivity contribution in [2.75, 3.05) is 139 Å². The lowest BCUT2D eigenvalue weighted by Gasteiger charge is -2.29. The van der Waals surface area contributed by atoms with Crippen LogP contribution in [0.15, 0.2) is 0 Å². The van der Waals surface area contributed by atoms with Gasteiger partial charge in [-0.1, -0.05) is 77.0 Å². The lowest BCUT2D eigenvalue weighted by atomic mass is 10.0. The summed E-state index contributed by atoms with van der Waals surface area (Å²) >= 11 is 0. The molecule has 0 saturated heterocycles. The monoisotopic (exact) mass is 1080 g/mol. The van der Waals surface area contributed by atoms with Gasteiger partial charge in [0, 0.05) is 38.4 Å². The molecule has 0 radical (unpaired) electrons. The first-order chi connectivity index (χ1) is 35.2. The predicted molar refractivity (Wildman–Crippen MR) is 280 cm³/mol. The van der Waals surface area contributed by atoms with E-state index in [1.165, 1.54) is 45.6 Å². The van der Waals surface area contributed by atoms with Crippen LogP contribution in [0.3, 0.4) is 0 Å². The normalized spacial score (nSPS) is 12.3. The zero-order chi connectivity index (χ0) is 55.2. The van der Waals surface area contributed by atoms with E-state index < -0.39 is 27.5 Å². The number of nitrogens with one attached hydrogen (secondary N) is 4.